The highest BCUT2D eigenvalue weighted by Gasteiger charge is 2.13. The van der Waals surface area contributed by atoms with Crippen LogP contribution in [0.15, 0.2) is 48.5 Å². The van der Waals surface area contributed by atoms with Gasteiger partial charge in [-0.05, 0) is 17.7 Å². The van der Waals surface area contributed by atoms with Crippen LogP contribution in [-0.2, 0) is 6.61 Å². The number of ether oxygens (including phenoxy) is 1. The van der Waals surface area contributed by atoms with Crippen LogP contribution in [0.3, 0.4) is 0 Å². The lowest BCUT2D eigenvalue weighted by molar-refractivity contribution is 0.0996. The van der Waals surface area contributed by atoms with Gasteiger partial charge in [0.05, 0.1) is 10.6 Å². The summed E-state index contributed by atoms with van der Waals surface area (Å²) in [5.74, 6) is -0.192. The van der Waals surface area contributed by atoms with E-state index in [0.29, 0.717) is 17.4 Å². The molecule has 2 aromatic rings. The Balaban J connectivity index is 2.20. The van der Waals surface area contributed by atoms with Gasteiger partial charge in [0.15, 0.2) is 0 Å². The minimum absolute atomic E-state index is 0.218. The van der Waals surface area contributed by atoms with E-state index < -0.39 is 5.91 Å². The predicted molar refractivity (Wildman–Crippen MR) is 70.7 cm³/mol. The van der Waals surface area contributed by atoms with Gasteiger partial charge in [0.2, 0.25) is 0 Å². The number of nitrogens with two attached hydrogens (primary N) is 1. The fraction of sp³-hybridized carbons (Fsp3) is 0.0714. The molecule has 18 heavy (non-hydrogen) atoms. The highest BCUT2D eigenvalue weighted by molar-refractivity contribution is 6.34. The molecule has 4 heteroatoms. The quantitative estimate of drug-likeness (QED) is 0.920. The molecule has 0 saturated heterocycles. The van der Waals surface area contributed by atoms with E-state index >= 15 is 0 Å². The summed E-state index contributed by atoms with van der Waals surface area (Å²) in [5, 5.41) is 0.299. The number of hydrogen-bond acceptors (Lipinski definition) is 2. The molecule has 0 radical (unpaired) electrons. The fourth-order valence-corrected chi connectivity index (χ4v) is 1.86. The van der Waals surface area contributed by atoms with Gasteiger partial charge in [-0.15, -0.1) is 0 Å². The minimum Gasteiger partial charge on any atom is -0.488 e. The molecule has 2 aromatic carbocycles. The lowest BCUT2D eigenvalue weighted by atomic mass is 10.2. The second-order valence-corrected chi connectivity index (χ2v) is 4.16. The van der Waals surface area contributed by atoms with Gasteiger partial charge in [0.1, 0.15) is 12.4 Å². The van der Waals surface area contributed by atoms with Gasteiger partial charge in [-0.3, -0.25) is 4.79 Å². The monoisotopic (exact) mass is 261 g/mol. The van der Waals surface area contributed by atoms with Crippen LogP contribution < -0.4 is 10.5 Å². The maximum Gasteiger partial charge on any atom is 0.253 e. The Bertz CT molecular complexity index is 555. The molecule has 0 aliphatic carbocycles. The number of rotatable bonds is 4. The van der Waals surface area contributed by atoms with Crippen molar-refractivity contribution in [2.45, 2.75) is 6.61 Å². The van der Waals surface area contributed by atoms with E-state index in [-0.39, 0.29) is 5.56 Å². The summed E-state index contributed by atoms with van der Waals surface area (Å²) >= 11 is 5.93. The summed E-state index contributed by atoms with van der Waals surface area (Å²) < 4.78 is 5.58. The highest BCUT2D eigenvalue weighted by Crippen LogP contribution is 2.26. The van der Waals surface area contributed by atoms with Gasteiger partial charge < -0.3 is 10.5 Å². The maximum atomic E-state index is 11.3. The predicted octanol–water partition coefficient (Wildman–Crippen LogP) is 3.02. The second-order valence-electron chi connectivity index (χ2n) is 3.75. The molecule has 0 unspecified atom stereocenters. The molecular weight excluding hydrogens is 250 g/mol. The van der Waals surface area contributed by atoms with Crippen LogP contribution in [0.1, 0.15) is 15.9 Å². The topological polar surface area (TPSA) is 52.3 Å². The Morgan fingerprint density at radius 2 is 1.83 bits per heavy atom. The van der Waals surface area contributed by atoms with Gasteiger partial charge >= 0.3 is 0 Å². The van der Waals surface area contributed by atoms with Crippen molar-refractivity contribution in [3.05, 3.63) is 64.7 Å². The van der Waals surface area contributed by atoms with E-state index in [1.165, 1.54) is 0 Å². The number of amides is 1. The van der Waals surface area contributed by atoms with Crippen LogP contribution in [0, 0.1) is 0 Å². The van der Waals surface area contributed by atoms with Gasteiger partial charge in [-0.1, -0.05) is 48.0 Å². The number of primary amides is 1. The summed E-state index contributed by atoms with van der Waals surface area (Å²) in [6, 6.07) is 14.7. The highest BCUT2D eigenvalue weighted by atomic mass is 35.5. The van der Waals surface area contributed by atoms with Crippen molar-refractivity contribution in [3.63, 3.8) is 0 Å². The zero-order chi connectivity index (χ0) is 13.0. The Kier molecular flexibility index (Phi) is 3.85. The summed E-state index contributed by atoms with van der Waals surface area (Å²) in [6.45, 7) is 0.363. The summed E-state index contributed by atoms with van der Waals surface area (Å²) in [6.07, 6.45) is 0. The molecule has 2 rings (SSSR count). The largest absolute Gasteiger partial charge is 0.488 e. The number of benzene rings is 2. The normalized spacial score (nSPS) is 10.1. The molecule has 1 amide bonds. The van der Waals surface area contributed by atoms with Crippen LogP contribution >= 0.6 is 11.6 Å². The van der Waals surface area contributed by atoms with Crippen LogP contribution in [0.2, 0.25) is 5.02 Å². The maximum absolute atomic E-state index is 11.3. The first-order valence-corrected chi connectivity index (χ1v) is 5.81. The Morgan fingerprint density at radius 3 is 2.50 bits per heavy atom. The Morgan fingerprint density at radius 1 is 1.11 bits per heavy atom. The van der Waals surface area contributed by atoms with Crippen LogP contribution in [0.5, 0.6) is 5.75 Å². The number of hydrogen-bond donors (Lipinski definition) is 1. The molecule has 0 atom stereocenters. The van der Waals surface area contributed by atoms with Crippen molar-refractivity contribution in [1.82, 2.24) is 0 Å². The summed E-state index contributed by atoms with van der Waals surface area (Å²) in [4.78, 5) is 11.3. The van der Waals surface area contributed by atoms with E-state index in [1.807, 2.05) is 30.3 Å². The lowest BCUT2D eigenvalue weighted by Gasteiger charge is -2.10. The first kappa shape index (κ1) is 12.5. The van der Waals surface area contributed by atoms with Crippen LogP contribution in [-0.4, -0.2) is 5.91 Å². The molecule has 0 aliphatic heterocycles. The average molecular weight is 262 g/mol. The van der Waals surface area contributed by atoms with E-state index in [9.17, 15) is 4.79 Å². The molecule has 0 fully saturated rings. The summed E-state index contributed by atoms with van der Waals surface area (Å²) in [5.41, 5.74) is 6.51. The van der Waals surface area contributed by atoms with Crippen molar-refractivity contribution in [2.75, 3.05) is 0 Å². The van der Waals surface area contributed by atoms with Gasteiger partial charge in [-0.2, -0.15) is 0 Å². The van der Waals surface area contributed by atoms with Crippen molar-refractivity contribution in [3.8, 4) is 5.75 Å². The summed E-state index contributed by atoms with van der Waals surface area (Å²) in [7, 11) is 0. The molecule has 3 nitrogen and oxygen atoms in total. The molecule has 0 aliphatic rings. The zero-order valence-corrected chi connectivity index (χ0v) is 10.4. The molecular formula is C14H12ClNO2. The van der Waals surface area contributed by atoms with E-state index in [4.69, 9.17) is 22.1 Å². The SMILES string of the molecule is NC(=O)c1c(Cl)cccc1OCc1ccccc1. The fourth-order valence-electron chi connectivity index (χ4n) is 1.60. The zero-order valence-electron chi connectivity index (χ0n) is 9.60. The molecule has 0 bridgehead atoms. The van der Waals surface area contributed by atoms with Crippen molar-refractivity contribution < 1.29 is 9.53 Å². The number of halogens is 1. The smallest absolute Gasteiger partial charge is 0.253 e. The van der Waals surface area contributed by atoms with Gasteiger partial charge in [0, 0.05) is 0 Å². The third-order valence-corrected chi connectivity index (χ3v) is 2.77. The number of carbonyl (C=O) groups excluding carboxylic acids is 1. The molecule has 0 spiro atoms. The third-order valence-electron chi connectivity index (χ3n) is 2.46. The molecule has 92 valence electrons. The van der Waals surface area contributed by atoms with Crippen molar-refractivity contribution in [1.29, 1.82) is 0 Å². The van der Waals surface area contributed by atoms with Gasteiger partial charge in [0.25, 0.3) is 5.91 Å². The first-order chi connectivity index (χ1) is 8.68. The number of carbonyl (C=O) groups is 1. The first-order valence-electron chi connectivity index (χ1n) is 5.43. The van der Waals surface area contributed by atoms with E-state index in [2.05, 4.69) is 0 Å². The molecule has 0 heterocycles. The molecule has 0 saturated carbocycles. The average Bonchev–Trinajstić information content (AvgIpc) is 2.37. The lowest BCUT2D eigenvalue weighted by Crippen LogP contribution is -2.13. The van der Waals surface area contributed by atoms with Gasteiger partial charge in [-0.25, -0.2) is 0 Å². The standard InChI is InChI=1S/C14H12ClNO2/c15-11-7-4-8-12(13(11)14(16)17)18-9-10-5-2-1-3-6-10/h1-8H,9H2,(H2,16,17). The molecule has 0 aromatic heterocycles. The third kappa shape index (κ3) is 2.81. The Labute approximate surface area is 110 Å². The van der Waals surface area contributed by atoms with Crippen molar-refractivity contribution in [2.24, 2.45) is 5.73 Å². The van der Waals surface area contributed by atoms with Crippen LogP contribution in [0.4, 0.5) is 0 Å². The second kappa shape index (κ2) is 5.56. The Hall–Kier alpha value is -2.00. The van der Waals surface area contributed by atoms with E-state index in [1.54, 1.807) is 18.2 Å². The molecule has 2 N–H and O–H groups in total. The van der Waals surface area contributed by atoms with Crippen LogP contribution in [0.25, 0.3) is 0 Å². The minimum atomic E-state index is -0.594. The van der Waals surface area contributed by atoms with Crippen molar-refractivity contribution >= 4 is 17.5 Å². The van der Waals surface area contributed by atoms with E-state index in [0.717, 1.165) is 5.56 Å².